The van der Waals surface area contributed by atoms with Crippen molar-refractivity contribution in [3.63, 3.8) is 0 Å². The van der Waals surface area contributed by atoms with Gasteiger partial charge in [-0.3, -0.25) is 4.79 Å². The van der Waals surface area contributed by atoms with Crippen molar-refractivity contribution in [2.45, 2.75) is 19.3 Å². The number of para-hydroxylation sites is 1. The fraction of sp³-hybridized carbons (Fsp3) is 0.412. The largest absolute Gasteiger partial charge is 0.355 e. The number of aromatic nitrogens is 2. The molecule has 1 aliphatic rings. The van der Waals surface area contributed by atoms with Gasteiger partial charge in [0.25, 0.3) is 0 Å². The molecule has 1 saturated carbocycles. The van der Waals surface area contributed by atoms with Crippen molar-refractivity contribution in [2.24, 2.45) is 5.92 Å². The maximum Gasteiger partial charge on any atom is 0.233 e. The smallest absolute Gasteiger partial charge is 0.233 e. The number of nitrogens with zero attached hydrogens (tertiary/aromatic N) is 2. The number of carbonyl (C=O) groups is 1. The van der Waals surface area contributed by atoms with Crippen LogP contribution in [-0.4, -0.2) is 35.3 Å². The van der Waals surface area contributed by atoms with Crippen LogP contribution in [0, 0.1) is 5.92 Å². The first-order chi connectivity index (χ1) is 10.8. The molecule has 1 heterocycles. The molecule has 23 heavy (non-hydrogen) atoms. The van der Waals surface area contributed by atoms with Crippen molar-refractivity contribution in [2.75, 3.05) is 19.6 Å². The Kier molecular flexibility index (Phi) is 6.62. The van der Waals surface area contributed by atoms with E-state index < -0.39 is 0 Å². The Labute approximate surface area is 142 Å². The highest BCUT2D eigenvalue weighted by atomic mass is 35.5. The van der Waals surface area contributed by atoms with Gasteiger partial charge < -0.3 is 10.6 Å². The molecule has 2 N–H and O–H groups in total. The molecular formula is C17H23ClN4O. The summed E-state index contributed by atoms with van der Waals surface area (Å²) in [6, 6.07) is 10.0. The van der Waals surface area contributed by atoms with Crippen LogP contribution < -0.4 is 10.6 Å². The van der Waals surface area contributed by atoms with Gasteiger partial charge in [-0.05, 0) is 49.4 Å². The summed E-state index contributed by atoms with van der Waals surface area (Å²) in [5, 5.41) is 10.5. The maximum atomic E-state index is 11.7. The van der Waals surface area contributed by atoms with Crippen molar-refractivity contribution >= 4 is 18.3 Å². The van der Waals surface area contributed by atoms with Gasteiger partial charge in [0.2, 0.25) is 5.91 Å². The van der Waals surface area contributed by atoms with Gasteiger partial charge in [-0.1, -0.05) is 18.2 Å². The molecule has 1 fully saturated rings. The Morgan fingerprint density at radius 3 is 2.78 bits per heavy atom. The van der Waals surface area contributed by atoms with E-state index in [2.05, 4.69) is 15.7 Å². The Hall–Kier alpha value is -1.85. The quantitative estimate of drug-likeness (QED) is 0.775. The molecule has 0 bridgehead atoms. The minimum atomic E-state index is 0. The van der Waals surface area contributed by atoms with Crippen LogP contribution in [0.3, 0.4) is 0 Å². The summed E-state index contributed by atoms with van der Waals surface area (Å²) >= 11 is 0. The van der Waals surface area contributed by atoms with Crippen molar-refractivity contribution in [3.8, 4) is 5.69 Å². The molecule has 2 aromatic rings. The second-order valence-electron chi connectivity index (χ2n) is 5.80. The molecule has 1 aromatic carbocycles. The third kappa shape index (κ3) is 5.69. The average molecular weight is 335 g/mol. The maximum absolute atomic E-state index is 11.7. The summed E-state index contributed by atoms with van der Waals surface area (Å²) in [6.45, 7) is 2.03. The number of hydrogen-bond acceptors (Lipinski definition) is 3. The predicted octanol–water partition coefficient (Wildman–Crippen LogP) is 1.95. The first-order valence-corrected chi connectivity index (χ1v) is 7.87. The summed E-state index contributed by atoms with van der Waals surface area (Å²) in [4.78, 5) is 11.7. The molecule has 3 rings (SSSR count). The minimum Gasteiger partial charge on any atom is -0.355 e. The van der Waals surface area contributed by atoms with Crippen molar-refractivity contribution in [3.05, 3.63) is 48.3 Å². The van der Waals surface area contributed by atoms with Gasteiger partial charge in [0.1, 0.15) is 0 Å². The minimum absolute atomic E-state index is 0. The van der Waals surface area contributed by atoms with Crippen LogP contribution in [0.25, 0.3) is 5.69 Å². The van der Waals surface area contributed by atoms with E-state index in [0.29, 0.717) is 13.1 Å². The standard InChI is InChI=1S/C17H22N4O.ClH/c22-17(12-18-10-14-6-7-14)19-9-8-15-11-20-21(13-15)16-4-2-1-3-5-16;/h1-5,11,13-14,18H,6-10,12H2,(H,19,22);1H. The van der Waals surface area contributed by atoms with Crippen LogP contribution in [0.5, 0.6) is 0 Å². The zero-order valence-corrected chi connectivity index (χ0v) is 13.9. The Bertz CT molecular complexity index is 610. The van der Waals surface area contributed by atoms with E-state index in [1.54, 1.807) is 0 Å². The summed E-state index contributed by atoms with van der Waals surface area (Å²) in [7, 11) is 0. The molecule has 5 nitrogen and oxygen atoms in total. The lowest BCUT2D eigenvalue weighted by Crippen LogP contribution is -2.35. The van der Waals surface area contributed by atoms with Crippen molar-refractivity contribution in [1.82, 2.24) is 20.4 Å². The Balaban J connectivity index is 0.00000192. The molecule has 0 aliphatic heterocycles. The second-order valence-corrected chi connectivity index (χ2v) is 5.80. The van der Waals surface area contributed by atoms with Crippen LogP contribution in [0.4, 0.5) is 0 Å². The van der Waals surface area contributed by atoms with E-state index in [1.165, 1.54) is 12.8 Å². The molecule has 6 heteroatoms. The number of nitrogens with one attached hydrogen (secondary N) is 2. The number of halogens is 1. The number of carbonyl (C=O) groups excluding carboxylic acids is 1. The molecule has 1 aliphatic carbocycles. The molecule has 0 saturated heterocycles. The van der Waals surface area contributed by atoms with E-state index in [1.807, 2.05) is 47.4 Å². The first kappa shape index (κ1) is 17.5. The number of hydrogen-bond donors (Lipinski definition) is 2. The SMILES string of the molecule is Cl.O=C(CNCC1CC1)NCCc1cnn(-c2ccccc2)c1. The molecule has 1 amide bonds. The van der Waals surface area contributed by atoms with Gasteiger partial charge in [-0.2, -0.15) is 5.10 Å². The summed E-state index contributed by atoms with van der Waals surface area (Å²) in [6.07, 6.45) is 7.26. The molecule has 0 unspecified atom stereocenters. The topological polar surface area (TPSA) is 59.0 Å². The highest BCUT2D eigenvalue weighted by Gasteiger charge is 2.20. The zero-order chi connectivity index (χ0) is 15.2. The lowest BCUT2D eigenvalue weighted by atomic mass is 10.2. The Morgan fingerprint density at radius 1 is 1.26 bits per heavy atom. The monoisotopic (exact) mass is 334 g/mol. The number of benzene rings is 1. The molecule has 1 aromatic heterocycles. The highest BCUT2D eigenvalue weighted by Crippen LogP contribution is 2.27. The van der Waals surface area contributed by atoms with E-state index in [9.17, 15) is 4.79 Å². The highest BCUT2D eigenvalue weighted by molar-refractivity contribution is 5.85. The van der Waals surface area contributed by atoms with Crippen LogP contribution >= 0.6 is 12.4 Å². The van der Waals surface area contributed by atoms with Gasteiger partial charge in [-0.15, -0.1) is 12.4 Å². The van der Waals surface area contributed by atoms with Crippen LogP contribution in [-0.2, 0) is 11.2 Å². The van der Waals surface area contributed by atoms with E-state index in [-0.39, 0.29) is 18.3 Å². The van der Waals surface area contributed by atoms with Crippen LogP contribution in [0.2, 0.25) is 0 Å². The van der Waals surface area contributed by atoms with E-state index in [4.69, 9.17) is 0 Å². The van der Waals surface area contributed by atoms with Crippen molar-refractivity contribution in [1.29, 1.82) is 0 Å². The third-order valence-corrected chi connectivity index (χ3v) is 3.81. The van der Waals surface area contributed by atoms with Crippen LogP contribution in [0.1, 0.15) is 18.4 Å². The summed E-state index contributed by atoms with van der Waals surface area (Å²) in [5.74, 6) is 0.868. The molecule has 0 spiro atoms. The third-order valence-electron chi connectivity index (χ3n) is 3.81. The lowest BCUT2D eigenvalue weighted by molar-refractivity contribution is -0.120. The second kappa shape index (κ2) is 8.70. The molecule has 0 radical (unpaired) electrons. The summed E-state index contributed by atoms with van der Waals surface area (Å²) < 4.78 is 1.86. The predicted molar refractivity (Wildman–Crippen MR) is 93.1 cm³/mol. The first-order valence-electron chi connectivity index (χ1n) is 7.87. The van der Waals surface area contributed by atoms with Crippen LogP contribution in [0.15, 0.2) is 42.7 Å². The van der Waals surface area contributed by atoms with Crippen molar-refractivity contribution < 1.29 is 4.79 Å². The van der Waals surface area contributed by atoms with Gasteiger partial charge in [0.05, 0.1) is 18.4 Å². The number of rotatable bonds is 8. The lowest BCUT2D eigenvalue weighted by Gasteiger charge is -2.05. The van der Waals surface area contributed by atoms with E-state index >= 15 is 0 Å². The van der Waals surface area contributed by atoms with Gasteiger partial charge in [0.15, 0.2) is 0 Å². The summed E-state index contributed by atoms with van der Waals surface area (Å²) in [5.41, 5.74) is 2.16. The number of amides is 1. The normalized spacial score (nSPS) is 13.4. The molecule has 0 atom stereocenters. The van der Waals surface area contributed by atoms with E-state index in [0.717, 1.165) is 30.1 Å². The Morgan fingerprint density at radius 2 is 2.04 bits per heavy atom. The fourth-order valence-corrected chi connectivity index (χ4v) is 2.33. The molecular weight excluding hydrogens is 312 g/mol. The average Bonchev–Trinajstić information content (AvgIpc) is 3.24. The molecule has 124 valence electrons. The van der Waals surface area contributed by atoms with Gasteiger partial charge >= 0.3 is 0 Å². The fourth-order valence-electron chi connectivity index (χ4n) is 2.33. The zero-order valence-electron chi connectivity index (χ0n) is 13.1. The van der Waals surface area contributed by atoms with Gasteiger partial charge in [0, 0.05) is 12.7 Å². The van der Waals surface area contributed by atoms with Gasteiger partial charge in [-0.25, -0.2) is 4.68 Å².